The van der Waals surface area contributed by atoms with Crippen molar-refractivity contribution in [3.8, 4) is 5.69 Å². The summed E-state index contributed by atoms with van der Waals surface area (Å²) in [6.07, 6.45) is 3.17. The van der Waals surface area contributed by atoms with Gasteiger partial charge in [0, 0.05) is 29.5 Å². The molecule has 1 unspecified atom stereocenters. The normalized spacial score (nSPS) is 17.8. The van der Waals surface area contributed by atoms with Gasteiger partial charge in [-0.2, -0.15) is 5.10 Å². The minimum absolute atomic E-state index is 0.0818. The molecule has 7 heteroatoms. The number of hydrogen-bond acceptors (Lipinski definition) is 4. The molecular weight excluding hydrogens is 368 g/mol. The standard InChI is InChI=1S/C19H21ClN4OS/c1-12-16-10-17(18(25)23-8-3-2-6-15(23)11-21)26-19(16)24(22-12)14-7-4-5-13(20)9-14/h4-5,7,9-10,15H,2-3,6,8,11,21H2,1H3. The van der Waals surface area contributed by atoms with E-state index in [0.29, 0.717) is 11.6 Å². The number of nitrogens with two attached hydrogens (primary N) is 1. The van der Waals surface area contributed by atoms with Gasteiger partial charge in [0.1, 0.15) is 4.83 Å². The monoisotopic (exact) mass is 388 g/mol. The highest BCUT2D eigenvalue weighted by molar-refractivity contribution is 7.20. The van der Waals surface area contributed by atoms with Gasteiger partial charge in [-0.1, -0.05) is 17.7 Å². The van der Waals surface area contributed by atoms with E-state index in [4.69, 9.17) is 17.3 Å². The quantitative estimate of drug-likeness (QED) is 0.737. The van der Waals surface area contributed by atoms with Crippen LogP contribution < -0.4 is 5.73 Å². The topological polar surface area (TPSA) is 64.2 Å². The number of benzene rings is 1. The van der Waals surface area contributed by atoms with Crippen LogP contribution in [0.25, 0.3) is 15.9 Å². The lowest BCUT2D eigenvalue weighted by Crippen LogP contribution is -2.47. The van der Waals surface area contributed by atoms with Crippen LogP contribution in [0.5, 0.6) is 0 Å². The van der Waals surface area contributed by atoms with Crippen molar-refractivity contribution in [1.82, 2.24) is 14.7 Å². The van der Waals surface area contributed by atoms with Gasteiger partial charge in [-0.15, -0.1) is 11.3 Å². The molecule has 2 N–H and O–H groups in total. The number of nitrogens with zero attached hydrogens (tertiary/aromatic N) is 3. The smallest absolute Gasteiger partial charge is 0.264 e. The van der Waals surface area contributed by atoms with Gasteiger partial charge < -0.3 is 10.6 Å². The molecule has 1 amide bonds. The number of aromatic nitrogens is 2. The minimum atomic E-state index is 0.0818. The number of aryl methyl sites for hydroxylation is 1. The minimum Gasteiger partial charge on any atom is -0.334 e. The Balaban J connectivity index is 1.74. The molecule has 1 fully saturated rings. The number of amides is 1. The average molecular weight is 389 g/mol. The first-order valence-corrected chi connectivity index (χ1v) is 10.0. The number of carbonyl (C=O) groups excluding carboxylic acids is 1. The first kappa shape index (κ1) is 17.5. The molecule has 0 radical (unpaired) electrons. The van der Waals surface area contributed by atoms with E-state index in [1.54, 1.807) is 0 Å². The Morgan fingerprint density at radius 3 is 3.00 bits per heavy atom. The maximum absolute atomic E-state index is 13.1. The molecule has 1 saturated heterocycles. The second kappa shape index (κ2) is 7.02. The van der Waals surface area contributed by atoms with Crippen LogP contribution in [0.2, 0.25) is 5.02 Å². The van der Waals surface area contributed by atoms with Crippen LogP contribution >= 0.6 is 22.9 Å². The van der Waals surface area contributed by atoms with E-state index in [-0.39, 0.29) is 11.9 Å². The second-order valence-corrected chi connectivity index (χ2v) is 8.16. The molecular formula is C19H21ClN4OS. The fourth-order valence-corrected chi connectivity index (χ4v) is 4.91. The van der Waals surface area contributed by atoms with E-state index in [2.05, 4.69) is 5.10 Å². The molecule has 136 valence electrons. The Kier molecular flexibility index (Phi) is 4.73. The summed E-state index contributed by atoms with van der Waals surface area (Å²) in [4.78, 5) is 16.7. The van der Waals surface area contributed by atoms with Crippen LogP contribution in [0.1, 0.15) is 34.6 Å². The van der Waals surface area contributed by atoms with Crippen LogP contribution in [0.15, 0.2) is 30.3 Å². The van der Waals surface area contributed by atoms with Crippen molar-refractivity contribution in [2.45, 2.75) is 32.2 Å². The summed E-state index contributed by atoms with van der Waals surface area (Å²) < 4.78 is 1.87. The zero-order chi connectivity index (χ0) is 18.3. The molecule has 1 atom stereocenters. The summed E-state index contributed by atoms with van der Waals surface area (Å²) in [6, 6.07) is 9.70. The average Bonchev–Trinajstić information content (AvgIpc) is 3.22. The summed E-state index contributed by atoms with van der Waals surface area (Å²) in [7, 11) is 0. The van der Waals surface area contributed by atoms with Gasteiger partial charge in [-0.25, -0.2) is 4.68 Å². The molecule has 1 aliphatic heterocycles. The van der Waals surface area contributed by atoms with Crippen molar-refractivity contribution >= 4 is 39.1 Å². The highest BCUT2D eigenvalue weighted by Crippen LogP contribution is 2.32. The lowest BCUT2D eigenvalue weighted by atomic mass is 10.0. The molecule has 26 heavy (non-hydrogen) atoms. The van der Waals surface area contributed by atoms with Gasteiger partial charge in [0.2, 0.25) is 0 Å². The summed E-state index contributed by atoms with van der Waals surface area (Å²) in [5, 5.41) is 6.31. The Morgan fingerprint density at radius 1 is 1.38 bits per heavy atom. The summed E-state index contributed by atoms with van der Waals surface area (Å²) in [5.74, 6) is 0.0818. The first-order chi connectivity index (χ1) is 12.6. The predicted octanol–water partition coefficient (Wildman–Crippen LogP) is 4.00. The maximum Gasteiger partial charge on any atom is 0.264 e. The number of likely N-dealkylation sites (tertiary alicyclic amines) is 1. The highest BCUT2D eigenvalue weighted by Gasteiger charge is 2.28. The molecule has 0 spiro atoms. The van der Waals surface area contributed by atoms with Gasteiger partial charge in [0.25, 0.3) is 5.91 Å². The Hall–Kier alpha value is -1.89. The molecule has 1 aliphatic rings. The van der Waals surface area contributed by atoms with Crippen molar-refractivity contribution in [3.05, 3.63) is 45.9 Å². The number of hydrogen-bond donors (Lipinski definition) is 1. The highest BCUT2D eigenvalue weighted by atomic mass is 35.5. The molecule has 0 aliphatic carbocycles. The molecule has 0 saturated carbocycles. The van der Waals surface area contributed by atoms with Gasteiger partial charge in [0.05, 0.1) is 16.3 Å². The summed E-state index contributed by atoms with van der Waals surface area (Å²) in [6.45, 7) is 3.27. The molecule has 1 aromatic carbocycles. The third-order valence-electron chi connectivity index (χ3n) is 4.97. The summed E-state index contributed by atoms with van der Waals surface area (Å²) in [5.41, 5.74) is 7.69. The lowest BCUT2D eigenvalue weighted by Gasteiger charge is -2.34. The van der Waals surface area contributed by atoms with Crippen molar-refractivity contribution in [3.63, 3.8) is 0 Å². The van der Waals surface area contributed by atoms with Gasteiger partial charge in [-0.3, -0.25) is 4.79 Å². The van der Waals surface area contributed by atoms with Crippen molar-refractivity contribution in [2.24, 2.45) is 5.73 Å². The lowest BCUT2D eigenvalue weighted by molar-refractivity contribution is 0.0628. The first-order valence-electron chi connectivity index (χ1n) is 8.84. The van der Waals surface area contributed by atoms with E-state index in [9.17, 15) is 4.79 Å². The molecule has 3 aromatic rings. The van der Waals surface area contributed by atoms with Crippen molar-refractivity contribution in [2.75, 3.05) is 13.1 Å². The van der Waals surface area contributed by atoms with Crippen LogP contribution in [0.4, 0.5) is 0 Å². The Morgan fingerprint density at radius 2 is 2.23 bits per heavy atom. The number of piperidine rings is 1. The van der Waals surface area contributed by atoms with Crippen LogP contribution in [-0.2, 0) is 0 Å². The van der Waals surface area contributed by atoms with Crippen molar-refractivity contribution in [1.29, 1.82) is 0 Å². The zero-order valence-corrected chi connectivity index (χ0v) is 16.2. The summed E-state index contributed by atoms with van der Waals surface area (Å²) >= 11 is 7.62. The van der Waals surface area contributed by atoms with Gasteiger partial charge in [-0.05, 0) is 50.5 Å². The van der Waals surface area contributed by atoms with E-state index < -0.39 is 0 Å². The number of thiophene rings is 1. The third-order valence-corrected chi connectivity index (χ3v) is 6.30. The van der Waals surface area contributed by atoms with Crippen LogP contribution in [-0.4, -0.2) is 39.7 Å². The largest absolute Gasteiger partial charge is 0.334 e. The number of fused-ring (bicyclic) bond motifs is 1. The maximum atomic E-state index is 13.1. The van der Waals surface area contributed by atoms with Crippen LogP contribution in [0.3, 0.4) is 0 Å². The molecule has 3 heterocycles. The number of carbonyl (C=O) groups is 1. The predicted molar refractivity (Wildman–Crippen MR) is 106 cm³/mol. The van der Waals surface area contributed by atoms with Crippen molar-refractivity contribution < 1.29 is 4.79 Å². The Bertz CT molecular complexity index is 964. The van der Waals surface area contributed by atoms with Gasteiger partial charge in [0.15, 0.2) is 0 Å². The third kappa shape index (κ3) is 3.02. The van der Waals surface area contributed by atoms with Crippen LogP contribution in [0, 0.1) is 6.92 Å². The van der Waals surface area contributed by atoms with E-state index in [1.165, 1.54) is 11.3 Å². The van der Waals surface area contributed by atoms with Gasteiger partial charge >= 0.3 is 0 Å². The molecule has 0 bridgehead atoms. The Labute approximate surface area is 161 Å². The fraction of sp³-hybridized carbons (Fsp3) is 0.368. The number of halogens is 1. The number of rotatable bonds is 3. The fourth-order valence-electron chi connectivity index (χ4n) is 3.59. The molecule has 5 nitrogen and oxygen atoms in total. The second-order valence-electron chi connectivity index (χ2n) is 6.69. The van der Waals surface area contributed by atoms with E-state index >= 15 is 0 Å². The zero-order valence-electron chi connectivity index (χ0n) is 14.6. The molecule has 2 aromatic heterocycles. The molecule has 4 rings (SSSR count). The van der Waals surface area contributed by atoms with E-state index in [1.807, 2.05) is 46.8 Å². The SMILES string of the molecule is Cc1nn(-c2cccc(Cl)c2)c2sc(C(=O)N3CCCCC3CN)cc12. The van der Waals surface area contributed by atoms with E-state index in [0.717, 1.165) is 52.3 Å².